The summed E-state index contributed by atoms with van der Waals surface area (Å²) in [7, 11) is 0. The van der Waals surface area contributed by atoms with Crippen molar-refractivity contribution in [3.8, 4) is 0 Å². The minimum atomic E-state index is -0.534. The lowest BCUT2D eigenvalue weighted by atomic mass is 10.1. The Morgan fingerprint density at radius 2 is 2.17 bits per heavy atom. The third-order valence-electron chi connectivity index (χ3n) is 4.69. The van der Waals surface area contributed by atoms with E-state index in [9.17, 15) is 14.4 Å². The number of para-hydroxylation sites is 1. The number of hydrogen-bond donors (Lipinski definition) is 2. The first-order valence-electron chi connectivity index (χ1n) is 9.16. The SMILES string of the molecule is CCOC(=O)c1sc(NC(=O)[C@H]2CC(=O)N(c3n[nH]c4ccccc34)C2)nc1C. The number of hydrogen-bond acceptors (Lipinski definition) is 7. The van der Waals surface area contributed by atoms with Crippen LogP contribution < -0.4 is 10.2 Å². The van der Waals surface area contributed by atoms with Gasteiger partial charge in [0.15, 0.2) is 10.9 Å². The molecule has 1 atom stereocenters. The maximum atomic E-state index is 12.7. The van der Waals surface area contributed by atoms with Gasteiger partial charge in [0.25, 0.3) is 0 Å². The predicted molar refractivity (Wildman–Crippen MR) is 108 cm³/mol. The van der Waals surface area contributed by atoms with E-state index in [-0.39, 0.29) is 31.4 Å². The number of thiazole rings is 1. The molecule has 2 amide bonds. The number of H-pyrrole nitrogens is 1. The molecule has 4 rings (SSSR count). The van der Waals surface area contributed by atoms with E-state index in [1.54, 1.807) is 13.8 Å². The van der Waals surface area contributed by atoms with E-state index in [2.05, 4.69) is 20.5 Å². The number of anilines is 2. The maximum Gasteiger partial charge on any atom is 0.350 e. The molecule has 0 spiro atoms. The Morgan fingerprint density at radius 1 is 1.38 bits per heavy atom. The van der Waals surface area contributed by atoms with Crippen LogP contribution in [0.4, 0.5) is 10.9 Å². The molecule has 1 aliphatic heterocycles. The standard InChI is InChI=1S/C19H19N5O4S/c1-3-28-18(27)15-10(2)20-19(29-15)21-17(26)11-8-14(25)24(9-11)16-12-6-4-5-7-13(12)22-23-16/h4-7,11H,3,8-9H2,1-2H3,(H,22,23)(H,20,21,26)/t11-/m0/s1. The monoisotopic (exact) mass is 413 g/mol. The quantitative estimate of drug-likeness (QED) is 0.621. The number of amides is 2. The molecular weight excluding hydrogens is 394 g/mol. The van der Waals surface area contributed by atoms with Gasteiger partial charge in [0.2, 0.25) is 11.8 Å². The van der Waals surface area contributed by atoms with Crippen LogP contribution in [0.15, 0.2) is 24.3 Å². The first-order valence-corrected chi connectivity index (χ1v) is 9.98. The first-order chi connectivity index (χ1) is 14.0. The van der Waals surface area contributed by atoms with Crippen molar-refractivity contribution in [2.24, 2.45) is 5.92 Å². The second-order valence-electron chi connectivity index (χ2n) is 6.64. The molecule has 1 aliphatic rings. The maximum absolute atomic E-state index is 12.7. The van der Waals surface area contributed by atoms with Gasteiger partial charge in [0, 0.05) is 18.4 Å². The summed E-state index contributed by atoms with van der Waals surface area (Å²) in [5, 5.41) is 11.0. The molecule has 2 N–H and O–H groups in total. The molecule has 1 fully saturated rings. The third-order valence-corrected chi connectivity index (χ3v) is 5.74. The number of fused-ring (bicyclic) bond motifs is 1. The lowest BCUT2D eigenvalue weighted by molar-refractivity contribution is -0.122. The molecule has 150 valence electrons. The predicted octanol–water partition coefficient (Wildman–Crippen LogP) is 2.50. The van der Waals surface area contributed by atoms with E-state index in [0.717, 1.165) is 22.2 Å². The van der Waals surface area contributed by atoms with Gasteiger partial charge in [-0.05, 0) is 26.0 Å². The van der Waals surface area contributed by atoms with Crippen LogP contribution in [0, 0.1) is 12.8 Å². The molecule has 0 bridgehead atoms. The Labute approximate surface area is 170 Å². The highest BCUT2D eigenvalue weighted by molar-refractivity contribution is 7.17. The fourth-order valence-electron chi connectivity index (χ4n) is 3.29. The van der Waals surface area contributed by atoms with Gasteiger partial charge < -0.3 is 10.1 Å². The van der Waals surface area contributed by atoms with E-state index in [4.69, 9.17) is 4.74 Å². The normalized spacial score (nSPS) is 16.4. The highest BCUT2D eigenvalue weighted by atomic mass is 32.1. The number of aromatic nitrogens is 3. The van der Waals surface area contributed by atoms with Crippen LogP contribution in [-0.2, 0) is 14.3 Å². The number of nitrogens with one attached hydrogen (secondary N) is 2. The molecule has 0 unspecified atom stereocenters. The second-order valence-corrected chi connectivity index (χ2v) is 7.64. The van der Waals surface area contributed by atoms with Gasteiger partial charge in [-0.25, -0.2) is 9.78 Å². The molecule has 1 aromatic carbocycles. The summed E-state index contributed by atoms with van der Waals surface area (Å²) in [6.45, 7) is 3.90. The van der Waals surface area contributed by atoms with Crippen LogP contribution >= 0.6 is 11.3 Å². The molecule has 29 heavy (non-hydrogen) atoms. The summed E-state index contributed by atoms with van der Waals surface area (Å²) in [6, 6.07) is 7.51. The van der Waals surface area contributed by atoms with Crippen molar-refractivity contribution in [2.45, 2.75) is 20.3 Å². The van der Waals surface area contributed by atoms with Crippen molar-refractivity contribution in [1.29, 1.82) is 0 Å². The molecule has 9 nitrogen and oxygen atoms in total. The van der Waals surface area contributed by atoms with Gasteiger partial charge >= 0.3 is 5.97 Å². The van der Waals surface area contributed by atoms with E-state index < -0.39 is 11.9 Å². The number of aryl methyl sites for hydroxylation is 1. The number of aromatic amines is 1. The minimum Gasteiger partial charge on any atom is -0.462 e. The fraction of sp³-hybridized carbons (Fsp3) is 0.316. The minimum absolute atomic E-state index is 0.0854. The van der Waals surface area contributed by atoms with E-state index in [0.29, 0.717) is 21.5 Å². The van der Waals surface area contributed by atoms with Crippen LogP contribution in [0.5, 0.6) is 0 Å². The highest BCUT2D eigenvalue weighted by Gasteiger charge is 2.37. The Hall–Kier alpha value is -3.27. The molecule has 1 saturated heterocycles. The zero-order chi connectivity index (χ0) is 20.5. The molecule has 3 aromatic rings. The Balaban J connectivity index is 1.47. The lowest BCUT2D eigenvalue weighted by Crippen LogP contribution is -2.28. The van der Waals surface area contributed by atoms with Crippen LogP contribution in [0.3, 0.4) is 0 Å². The van der Waals surface area contributed by atoms with E-state index in [1.165, 1.54) is 4.90 Å². The molecule has 0 radical (unpaired) electrons. The average Bonchev–Trinajstić information content (AvgIpc) is 3.38. The molecule has 0 saturated carbocycles. The average molecular weight is 413 g/mol. The lowest BCUT2D eigenvalue weighted by Gasteiger charge is -2.13. The Kier molecular flexibility index (Phi) is 5.01. The van der Waals surface area contributed by atoms with Crippen LogP contribution in [0.2, 0.25) is 0 Å². The Morgan fingerprint density at radius 3 is 2.97 bits per heavy atom. The number of carbonyl (C=O) groups is 3. The zero-order valence-electron chi connectivity index (χ0n) is 15.9. The summed E-state index contributed by atoms with van der Waals surface area (Å²) in [4.78, 5) is 43.2. The highest BCUT2D eigenvalue weighted by Crippen LogP contribution is 2.31. The molecule has 0 aliphatic carbocycles. The second kappa shape index (κ2) is 7.63. The van der Waals surface area contributed by atoms with Crippen molar-refractivity contribution >= 4 is 51.0 Å². The molecular formula is C19H19N5O4S. The van der Waals surface area contributed by atoms with Crippen molar-refractivity contribution in [2.75, 3.05) is 23.4 Å². The van der Waals surface area contributed by atoms with Gasteiger partial charge in [-0.2, -0.15) is 5.10 Å². The summed E-state index contributed by atoms with van der Waals surface area (Å²) in [5.41, 5.74) is 1.32. The number of esters is 1. The third kappa shape index (κ3) is 3.58. The number of nitrogens with zero attached hydrogens (tertiary/aromatic N) is 3. The Bertz CT molecular complexity index is 1110. The first kappa shape index (κ1) is 19.1. The van der Waals surface area contributed by atoms with Crippen LogP contribution in [-0.4, -0.2) is 46.1 Å². The number of carbonyl (C=O) groups excluding carboxylic acids is 3. The molecule has 10 heteroatoms. The zero-order valence-corrected chi connectivity index (χ0v) is 16.7. The van der Waals surface area contributed by atoms with E-state index in [1.807, 2.05) is 24.3 Å². The van der Waals surface area contributed by atoms with Gasteiger partial charge in [-0.3, -0.25) is 19.6 Å². The van der Waals surface area contributed by atoms with Gasteiger partial charge in [0.05, 0.1) is 23.7 Å². The van der Waals surface area contributed by atoms with Crippen molar-refractivity contribution < 1.29 is 19.1 Å². The van der Waals surface area contributed by atoms with Crippen molar-refractivity contribution in [3.63, 3.8) is 0 Å². The van der Waals surface area contributed by atoms with Gasteiger partial charge in [-0.15, -0.1) is 0 Å². The summed E-state index contributed by atoms with van der Waals surface area (Å²) < 4.78 is 4.99. The smallest absolute Gasteiger partial charge is 0.350 e. The van der Waals surface area contributed by atoms with Gasteiger partial charge in [0.1, 0.15) is 4.88 Å². The van der Waals surface area contributed by atoms with Crippen molar-refractivity contribution in [1.82, 2.24) is 15.2 Å². The largest absolute Gasteiger partial charge is 0.462 e. The van der Waals surface area contributed by atoms with E-state index >= 15 is 0 Å². The van der Waals surface area contributed by atoms with Crippen LogP contribution in [0.1, 0.15) is 28.7 Å². The number of rotatable bonds is 5. The molecule has 3 heterocycles. The topological polar surface area (TPSA) is 117 Å². The number of ether oxygens (including phenoxy) is 1. The summed E-state index contributed by atoms with van der Waals surface area (Å²) in [6.07, 6.45) is 0.0854. The van der Waals surface area contributed by atoms with Crippen molar-refractivity contribution in [3.05, 3.63) is 34.8 Å². The summed E-state index contributed by atoms with van der Waals surface area (Å²) in [5.74, 6) is -0.950. The summed E-state index contributed by atoms with van der Waals surface area (Å²) >= 11 is 1.06. The van der Waals surface area contributed by atoms with Gasteiger partial charge in [-0.1, -0.05) is 23.5 Å². The number of benzene rings is 1. The molecule has 2 aromatic heterocycles. The fourth-order valence-corrected chi connectivity index (χ4v) is 4.15. The van der Waals surface area contributed by atoms with Crippen LogP contribution in [0.25, 0.3) is 10.9 Å².